The number of nitrogens with two attached hydrogens (primary N) is 2. The molecule has 0 unspecified atom stereocenters. The van der Waals surface area contributed by atoms with E-state index in [1.165, 1.54) is 4.90 Å². The second kappa shape index (κ2) is 6.94. The van der Waals surface area contributed by atoms with Gasteiger partial charge in [-0.15, -0.1) is 0 Å². The number of urea groups is 2. The fourth-order valence-corrected chi connectivity index (χ4v) is 2.30. The molecule has 4 amide bonds. The SMILES string of the molecule is NCCc1cccc(NC(=O)N2CCN(C(N)=O)CC2)c1. The van der Waals surface area contributed by atoms with E-state index in [2.05, 4.69) is 5.32 Å². The number of nitrogens with zero attached hydrogens (tertiary/aromatic N) is 2. The maximum Gasteiger partial charge on any atom is 0.321 e. The fourth-order valence-electron chi connectivity index (χ4n) is 2.30. The lowest BCUT2D eigenvalue weighted by atomic mass is 10.1. The first-order valence-electron chi connectivity index (χ1n) is 6.99. The summed E-state index contributed by atoms with van der Waals surface area (Å²) in [4.78, 5) is 26.4. The Kier molecular flexibility index (Phi) is 4.99. The predicted octanol–water partition coefficient (Wildman–Crippen LogP) is 0.416. The van der Waals surface area contributed by atoms with Crippen LogP contribution in [0.3, 0.4) is 0 Å². The van der Waals surface area contributed by atoms with Crippen LogP contribution in [0.15, 0.2) is 24.3 Å². The smallest absolute Gasteiger partial charge is 0.321 e. The minimum Gasteiger partial charge on any atom is -0.351 e. The Bertz CT molecular complexity index is 512. The molecule has 1 saturated heterocycles. The number of primary amides is 1. The summed E-state index contributed by atoms with van der Waals surface area (Å²) in [6.07, 6.45) is 0.779. The largest absolute Gasteiger partial charge is 0.351 e. The van der Waals surface area contributed by atoms with Gasteiger partial charge in [0.15, 0.2) is 0 Å². The monoisotopic (exact) mass is 291 g/mol. The van der Waals surface area contributed by atoms with Crippen molar-refractivity contribution in [3.63, 3.8) is 0 Å². The van der Waals surface area contributed by atoms with E-state index in [1.807, 2.05) is 24.3 Å². The Balaban J connectivity index is 1.90. The van der Waals surface area contributed by atoms with Crippen molar-refractivity contribution in [1.29, 1.82) is 0 Å². The minimum absolute atomic E-state index is 0.163. The molecule has 1 aromatic carbocycles. The Morgan fingerprint density at radius 3 is 2.43 bits per heavy atom. The maximum atomic E-state index is 12.2. The van der Waals surface area contributed by atoms with E-state index in [1.54, 1.807) is 4.90 Å². The summed E-state index contributed by atoms with van der Waals surface area (Å²) in [5.74, 6) is 0. The highest BCUT2D eigenvalue weighted by atomic mass is 16.2. The van der Waals surface area contributed by atoms with Crippen molar-refractivity contribution < 1.29 is 9.59 Å². The van der Waals surface area contributed by atoms with Gasteiger partial charge in [-0.3, -0.25) is 0 Å². The molecular formula is C14H21N5O2. The van der Waals surface area contributed by atoms with Gasteiger partial charge < -0.3 is 26.6 Å². The van der Waals surface area contributed by atoms with Gasteiger partial charge in [-0.05, 0) is 30.7 Å². The van der Waals surface area contributed by atoms with Crippen molar-refractivity contribution in [2.75, 3.05) is 38.0 Å². The molecule has 0 aromatic heterocycles. The van der Waals surface area contributed by atoms with Gasteiger partial charge in [-0.25, -0.2) is 9.59 Å². The first-order valence-corrected chi connectivity index (χ1v) is 6.99. The Hall–Kier alpha value is -2.28. The summed E-state index contributed by atoms with van der Waals surface area (Å²) >= 11 is 0. The highest BCUT2D eigenvalue weighted by Crippen LogP contribution is 2.12. The lowest BCUT2D eigenvalue weighted by molar-refractivity contribution is 0.154. The van der Waals surface area contributed by atoms with Gasteiger partial charge in [0.25, 0.3) is 0 Å². The van der Waals surface area contributed by atoms with E-state index >= 15 is 0 Å². The average Bonchev–Trinajstić information content (AvgIpc) is 2.48. The van der Waals surface area contributed by atoms with Crippen LogP contribution >= 0.6 is 0 Å². The highest BCUT2D eigenvalue weighted by Gasteiger charge is 2.22. The number of carbonyl (C=O) groups excluding carboxylic acids is 2. The van der Waals surface area contributed by atoms with Crippen LogP contribution in [0.1, 0.15) is 5.56 Å². The number of hydrogen-bond acceptors (Lipinski definition) is 3. The van der Waals surface area contributed by atoms with Crippen LogP contribution in [-0.2, 0) is 6.42 Å². The van der Waals surface area contributed by atoms with Crippen LogP contribution in [0.4, 0.5) is 15.3 Å². The van der Waals surface area contributed by atoms with Gasteiger partial charge in [-0.2, -0.15) is 0 Å². The Labute approximate surface area is 123 Å². The number of amides is 4. The first-order chi connectivity index (χ1) is 10.1. The quantitative estimate of drug-likeness (QED) is 0.751. The molecule has 5 N–H and O–H groups in total. The zero-order valence-electron chi connectivity index (χ0n) is 11.9. The van der Waals surface area contributed by atoms with Crippen molar-refractivity contribution in [2.24, 2.45) is 11.5 Å². The number of nitrogens with one attached hydrogen (secondary N) is 1. The van der Waals surface area contributed by atoms with Crippen molar-refractivity contribution in [1.82, 2.24) is 9.80 Å². The third kappa shape index (κ3) is 4.09. The van der Waals surface area contributed by atoms with E-state index in [4.69, 9.17) is 11.5 Å². The average molecular weight is 291 g/mol. The van der Waals surface area contributed by atoms with Crippen molar-refractivity contribution in [2.45, 2.75) is 6.42 Å². The molecule has 114 valence electrons. The molecule has 0 saturated carbocycles. The summed E-state index contributed by atoms with van der Waals surface area (Å²) in [5.41, 5.74) is 12.6. The molecule has 1 aliphatic heterocycles. The molecule has 2 rings (SSSR count). The lowest BCUT2D eigenvalue weighted by Gasteiger charge is -2.33. The minimum atomic E-state index is -0.440. The van der Waals surface area contributed by atoms with E-state index in [9.17, 15) is 9.59 Å². The number of benzene rings is 1. The second-order valence-corrected chi connectivity index (χ2v) is 4.98. The second-order valence-electron chi connectivity index (χ2n) is 4.98. The highest BCUT2D eigenvalue weighted by molar-refractivity contribution is 5.89. The predicted molar refractivity (Wildman–Crippen MR) is 80.9 cm³/mol. The van der Waals surface area contributed by atoms with E-state index in [0.717, 1.165) is 17.7 Å². The maximum absolute atomic E-state index is 12.2. The molecule has 7 heteroatoms. The van der Waals surface area contributed by atoms with Crippen LogP contribution in [-0.4, -0.2) is 54.6 Å². The normalized spacial score (nSPS) is 14.9. The summed E-state index contributed by atoms with van der Waals surface area (Å²) in [6, 6.07) is 7.04. The number of rotatable bonds is 3. The fraction of sp³-hybridized carbons (Fsp3) is 0.429. The first kappa shape index (κ1) is 15.1. The lowest BCUT2D eigenvalue weighted by Crippen LogP contribution is -2.53. The number of anilines is 1. The Morgan fingerprint density at radius 1 is 1.14 bits per heavy atom. The van der Waals surface area contributed by atoms with Crippen LogP contribution in [0.2, 0.25) is 0 Å². The molecule has 1 heterocycles. The van der Waals surface area contributed by atoms with Crippen molar-refractivity contribution >= 4 is 17.7 Å². The Morgan fingerprint density at radius 2 is 1.81 bits per heavy atom. The van der Waals surface area contributed by atoms with E-state index in [0.29, 0.717) is 32.7 Å². The summed E-state index contributed by atoms with van der Waals surface area (Å²) in [6.45, 7) is 2.48. The van der Waals surface area contributed by atoms with Crippen LogP contribution in [0.5, 0.6) is 0 Å². The van der Waals surface area contributed by atoms with Crippen molar-refractivity contribution in [3.8, 4) is 0 Å². The molecule has 21 heavy (non-hydrogen) atoms. The summed E-state index contributed by atoms with van der Waals surface area (Å²) < 4.78 is 0. The van der Waals surface area contributed by atoms with E-state index < -0.39 is 6.03 Å². The van der Waals surface area contributed by atoms with Gasteiger partial charge in [0.1, 0.15) is 0 Å². The number of carbonyl (C=O) groups is 2. The molecule has 0 aliphatic carbocycles. The zero-order chi connectivity index (χ0) is 15.2. The summed E-state index contributed by atoms with van der Waals surface area (Å²) in [5, 5.41) is 2.87. The van der Waals surface area contributed by atoms with Crippen LogP contribution < -0.4 is 16.8 Å². The van der Waals surface area contributed by atoms with Gasteiger partial charge in [-0.1, -0.05) is 12.1 Å². The molecular weight excluding hydrogens is 270 g/mol. The third-order valence-electron chi connectivity index (χ3n) is 3.49. The molecule has 0 bridgehead atoms. The van der Waals surface area contributed by atoms with Gasteiger partial charge in [0.2, 0.25) is 0 Å². The standard InChI is InChI=1S/C14H21N5O2/c15-5-4-11-2-1-3-12(10-11)17-14(21)19-8-6-18(7-9-19)13(16)20/h1-3,10H,4-9,15H2,(H2,16,20)(H,17,21). The topological polar surface area (TPSA) is 105 Å². The van der Waals surface area contributed by atoms with Gasteiger partial charge >= 0.3 is 12.1 Å². The van der Waals surface area contributed by atoms with E-state index in [-0.39, 0.29) is 6.03 Å². The molecule has 1 aromatic rings. The molecule has 7 nitrogen and oxygen atoms in total. The van der Waals surface area contributed by atoms with Gasteiger partial charge in [0.05, 0.1) is 0 Å². The van der Waals surface area contributed by atoms with Crippen molar-refractivity contribution in [3.05, 3.63) is 29.8 Å². The molecule has 0 atom stereocenters. The van der Waals surface area contributed by atoms with Gasteiger partial charge in [0, 0.05) is 31.9 Å². The molecule has 1 fully saturated rings. The third-order valence-corrected chi connectivity index (χ3v) is 3.49. The molecule has 1 aliphatic rings. The number of piperazine rings is 1. The zero-order valence-corrected chi connectivity index (χ0v) is 11.9. The molecule has 0 spiro atoms. The molecule has 0 radical (unpaired) electrons. The summed E-state index contributed by atoms with van der Waals surface area (Å²) in [7, 11) is 0. The van der Waals surface area contributed by atoms with Crippen LogP contribution in [0.25, 0.3) is 0 Å². The number of hydrogen-bond donors (Lipinski definition) is 3. The van der Waals surface area contributed by atoms with Crippen LogP contribution in [0, 0.1) is 0 Å².